The van der Waals surface area contributed by atoms with Gasteiger partial charge in [-0.05, 0) is 6.92 Å². The monoisotopic (exact) mass is 345 g/mol. The third kappa shape index (κ3) is 3.01. The van der Waals surface area contributed by atoms with Crippen molar-refractivity contribution in [3.05, 3.63) is 12.4 Å². The van der Waals surface area contributed by atoms with Gasteiger partial charge in [-0.1, -0.05) is 11.8 Å². The Morgan fingerprint density at radius 1 is 1.60 bits per heavy atom. The molecule has 1 saturated heterocycles. The van der Waals surface area contributed by atoms with Crippen molar-refractivity contribution in [3.63, 3.8) is 0 Å². The number of ether oxygens (including phenoxy) is 2. The maximum Gasteiger partial charge on any atom is 0.312 e. The summed E-state index contributed by atoms with van der Waals surface area (Å²) in [5, 5.41) is 10.4. The second kappa shape index (κ2) is 6.65. The van der Waals surface area contributed by atoms with Gasteiger partial charge in [-0.2, -0.15) is 14.4 Å². The fourth-order valence-electron chi connectivity index (χ4n) is 2.67. The van der Waals surface area contributed by atoms with Crippen molar-refractivity contribution < 1.29 is 19.0 Å². The molecule has 0 amide bonds. The Labute approximate surface area is 143 Å². The SMILES string of the molecule is C#C[C@]1(COCC#CC)O[C@@H](n2cnc3c(N)nc(F)nc32)C[C@@H]1O. The molecule has 0 saturated carbocycles. The molecule has 0 aliphatic carbocycles. The largest absolute Gasteiger partial charge is 0.389 e. The third-order valence-electron chi connectivity index (χ3n) is 3.95. The van der Waals surface area contributed by atoms with Crippen molar-refractivity contribution in [2.45, 2.75) is 31.3 Å². The molecule has 0 radical (unpaired) electrons. The molecule has 0 aromatic carbocycles. The van der Waals surface area contributed by atoms with Crippen LogP contribution in [0.25, 0.3) is 11.2 Å². The molecule has 8 nitrogen and oxygen atoms in total. The van der Waals surface area contributed by atoms with E-state index in [1.807, 2.05) is 0 Å². The van der Waals surface area contributed by atoms with E-state index in [9.17, 15) is 9.50 Å². The van der Waals surface area contributed by atoms with Gasteiger partial charge in [-0.15, -0.1) is 12.3 Å². The van der Waals surface area contributed by atoms with Crippen LogP contribution in [0.3, 0.4) is 0 Å². The molecule has 2 aromatic rings. The summed E-state index contributed by atoms with van der Waals surface area (Å²) in [6.45, 7) is 1.83. The molecular formula is C16H16FN5O3. The molecule has 1 aliphatic rings. The Morgan fingerprint density at radius 3 is 3.12 bits per heavy atom. The van der Waals surface area contributed by atoms with Gasteiger partial charge in [0.2, 0.25) is 0 Å². The average molecular weight is 345 g/mol. The molecule has 1 fully saturated rings. The van der Waals surface area contributed by atoms with E-state index >= 15 is 0 Å². The first kappa shape index (κ1) is 17.1. The summed E-state index contributed by atoms with van der Waals surface area (Å²) < 4.78 is 26.2. The molecule has 3 N–H and O–H groups in total. The van der Waals surface area contributed by atoms with Gasteiger partial charge in [0.1, 0.15) is 18.9 Å². The van der Waals surface area contributed by atoms with Gasteiger partial charge in [-0.25, -0.2) is 4.98 Å². The van der Waals surface area contributed by atoms with Crippen LogP contribution in [0.4, 0.5) is 10.2 Å². The first-order valence-electron chi connectivity index (χ1n) is 7.47. The second-order valence-corrected chi connectivity index (χ2v) is 5.48. The fraction of sp³-hybridized carbons (Fsp3) is 0.438. The van der Waals surface area contributed by atoms with Crippen molar-refractivity contribution in [1.82, 2.24) is 19.5 Å². The summed E-state index contributed by atoms with van der Waals surface area (Å²) in [5.41, 5.74) is 4.71. The average Bonchev–Trinajstić information content (AvgIpc) is 3.13. The number of terminal acetylenes is 1. The van der Waals surface area contributed by atoms with E-state index in [-0.39, 0.29) is 36.6 Å². The Kier molecular flexibility index (Phi) is 4.55. The van der Waals surface area contributed by atoms with Crippen LogP contribution >= 0.6 is 0 Å². The quantitative estimate of drug-likeness (QED) is 0.464. The van der Waals surface area contributed by atoms with Crippen molar-refractivity contribution >= 4 is 17.0 Å². The first-order chi connectivity index (χ1) is 12.0. The van der Waals surface area contributed by atoms with Crippen LogP contribution in [0.2, 0.25) is 0 Å². The van der Waals surface area contributed by atoms with Crippen LogP contribution in [0.5, 0.6) is 0 Å². The number of halogens is 1. The molecule has 0 unspecified atom stereocenters. The number of aliphatic hydroxyl groups is 1. The van der Waals surface area contributed by atoms with Crippen LogP contribution in [-0.2, 0) is 9.47 Å². The van der Waals surface area contributed by atoms with E-state index in [0.29, 0.717) is 0 Å². The molecule has 25 heavy (non-hydrogen) atoms. The topological polar surface area (TPSA) is 108 Å². The number of aromatic nitrogens is 4. The van der Waals surface area contributed by atoms with Gasteiger partial charge in [0.15, 0.2) is 22.6 Å². The highest BCUT2D eigenvalue weighted by Crippen LogP contribution is 2.38. The maximum atomic E-state index is 13.5. The lowest BCUT2D eigenvalue weighted by Crippen LogP contribution is -2.42. The molecular weight excluding hydrogens is 329 g/mol. The zero-order valence-corrected chi connectivity index (χ0v) is 13.4. The Hall–Kier alpha value is -2.72. The molecule has 0 spiro atoms. The Balaban J connectivity index is 1.88. The summed E-state index contributed by atoms with van der Waals surface area (Å²) >= 11 is 0. The molecule has 1 aliphatic heterocycles. The molecule has 0 bridgehead atoms. The second-order valence-electron chi connectivity index (χ2n) is 5.48. The highest BCUT2D eigenvalue weighted by Gasteiger charge is 2.48. The van der Waals surface area contributed by atoms with Crippen LogP contribution in [0, 0.1) is 30.3 Å². The number of aliphatic hydroxyl groups excluding tert-OH is 1. The maximum absolute atomic E-state index is 13.5. The number of nitrogen functional groups attached to an aromatic ring is 1. The highest BCUT2D eigenvalue weighted by atomic mass is 19.1. The number of rotatable bonds is 4. The fourth-order valence-corrected chi connectivity index (χ4v) is 2.67. The Bertz CT molecular complexity index is 897. The highest BCUT2D eigenvalue weighted by molar-refractivity contribution is 5.81. The number of hydrogen-bond donors (Lipinski definition) is 2. The van der Waals surface area contributed by atoms with E-state index in [2.05, 4.69) is 32.7 Å². The standard InChI is InChI=1S/C16H16FN5O3/c1-3-5-6-24-8-16(4-2)10(23)7-11(25-16)22-9-19-12-13(18)20-15(17)21-14(12)22/h2,9-11,23H,6-8H2,1H3,(H2,18,20,21)/t10-,11+,16+/m0/s1. The number of anilines is 1. The van der Waals surface area contributed by atoms with Crippen LogP contribution in [-0.4, -0.2) is 49.5 Å². The number of nitrogens with zero attached hydrogens (tertiary/aromatic N) is 4. The first-order valence-corrected chi connectivity index (χ1v) is 7.47. The van der Waals surface area contributed by atoms with Crippen LogP contribution in [0.15, 0.2) is 6.33 Å². The minimum Gasteiger partial charge on any atom is -0.389 e. The van der Waals surface area contributed by atoms with Crippen molar-refractivity contribution in [1.29, 1.82) is 0 Å². The summed E-state index contributed by atoms with van der Waals surface area (Å²) in [6, 6.07) is 0. The third-order valence-corrected chi connectivity index (χ3v) is 3.95. The predicted molar refractivity (Wildman–Crippen MR) is 86.3 cm³/mol. The van der Waals surface area contributed by atoms with Gasteiger partial charge in [0.25, 0.3) is 0 Å². The molecule has 3 rings (SSSR count). The lowest BCUT2D eigenvalue weighted by molar-refractivity contribution is -0.101. The minimum atomic E-state index is -1.34. The number of fused-ring (bicyclic) bond motifs is 1. The number of hydrogen-bond acceptors (Lipinski definition) is 7. The van der Waals surface area contributed by atoms with Crippen LogP contribution < -0.4 is 5.73 Å². The van der Waals surface area contributed by atoms with E-state index in [0.717, 1.165) is 0 Å². The normalized spacial score (nSPS) is 25.5. The van der Waals surface area contributed by atoms with Gasteiger partial charge in [0.05, 0.1) is 12.9 Å². The summed E-state index contributed by atoms with van der Waals surface area (Å²) in [4.78, 5) is 11.2. The van der Waals surface area contributed by atoms with E-state index in [4.69, 9.17) is 21.6 Å². The molecule has 130 valence electrons. The van der Waals surface area contributed by atoms with Crippen molar-refractivity contribution in [2.75, 3.05) is 18.9 Å². The number of nitrogens with two attached hydrogens (primary N) is 1. The van der Waals surface area contributed by atoms with E-state index in [1.54, 1.807) is 6.92 Å². The van der Waals surface area contributed by atoms with Gasteiger partial charge in [-0.3, -0.25) is 4.57 Å². The van der Waals surface area contributed by atoms with E-state index in [1.165, 1.54) is 10.9 Å². The van der Waals surface area contributed by atoms with Crippen molar-refractivity contribution in [3.8, 4) is 24.2 Å². The summed E-state index contributed by atoms with van der Waals surface area (Å²) in [6.07, 6.45) is 4.45. The van der Waals surface area contributed by atoms with Crippen molar-refractivity contribution in [2.24, 2.45) is 0 Å². The molecule has 2 aromatic heterocycles. The zero-order chi connectivity index (χ0) is 18.0. The predicted octanol–water partition coefficient (Wildman–Crippen LogP) is 0.239. The smallest absolute Gasteiger partial charge is 0.312 e. The van der Waals surface area contributed by atoms with Gasteiger partial charge >= 0.3 is 6.08 Å². The summed E-state index contributed by atoms with van der Waals surface area (Å²) in [7, 11) is 0. The molecule has 3 atom stereocenters. The number of imidazole rings is 1. The minimum absolute atomic E-state index is 0.0338. The lowest BCUT2D eigenvalue weighted by Gasteiger charge is -2.26. The van der Waals surface area contributed by atoms with Gasteiger partial charge in [0, 0.05) is 6.42 Å². The molecule has 9 heteroatoms. The van der Waals surface area contributed by atoms with Gasteiger partial charge < -0.3 is 20.3 Å². The van der Waals surface area contributed by atoms with Crippen LogP contribution in [0.1, 0.15) is 19.6 Å². The summed E-state index contributed by atoms with van der Waals surface area (Å²) in [5.74, 6) is 7.81. The molecule has 3 heterocycles. The lowest BCUT2D eigenvalue weighted by atomic mass is 9.99. The van der Waals surface area contributed by atoms with E-state index < -0.39 is 24.0 Å². The Morgan fingerprint density at radius 2 is 2.40 bits per heavy atom. The zero-order valence-electron chi connectivity index (χ0n) is 13.4.